The van der Waals surface area contributed by atoms with Crippen LogP contribution < -0.4 is 15.7 Å². The molecule has 31 heavy (non-hydrogen) atoms. The second-order valence-corrected chi connectivity index (χ2v) is 6.86. The molecule has 0 saturated carbocycles. The summed E-state index contributed by atoms with van der Waals surface area (Å²) in [7, 11) is 0. The summed E-state index contributed by atoms with van der Waals surface area (Å²) in [5, 5.41) is 3.47. The quantitative estimate of drug-likeness (QED) is 0.413. The number of aromatic nitrogens is 3. The fraction of sp³-hybridized carbons (Fsp3) is 0.364. The average Bonchev–Trinajstić information content (AvgIpc) is 2.75. The van der Waals surface area contributed by atoms with Crippen LogP contribution in [-0.2, 0) is 11.3 Å². The number of ether oxygens (including phenoxy) is 1. The van der Waals surface area contributed by atoms with Gasteiger partial charge in [0.05, 0.1) is 23.4 Å². The molecule has 1 aromatic carbocycles. The molecule has 0 saturated heterocycles. The van der Waals surface area contributed by atoms with Crippen molar-refractivity contribution in [1.82, 2.24) is 14.7 Å². The molecule has 0 unspecified atom stereocenters. The van der Waals surface area contributed by atoms with Crippen LogP contribution in [0.15, 0.2) is 35.4 Å². The molecule has 2 aromatic heterocycles. The van der Waals surface area contributed by atoms with Crippen LogP contribution in [0.25, 0.3) is 11.0 Å². The van der Waals surface area contributed by atoms with Gasteiger partial charge in [0.2, 0.25) is 0 Å². The van der Waals surface area contributed by atoms with Gasteiger partial charge in [-0.2, -0.15) is 0 Å². The Bertz CT molecular complexity index is 1150. The highest BCUT2D eigenvalue weighted by Crippen LogP contribution is 2.27. The van der Waals surface area contributed by atoms with Crippen molar-refractivity contribution in [3.8, 4) is 0 Å². The Kier molecular flexibility index (Phi) is 7.17. The summed E-state index contributed by atoms with van der Waals surface area (Å²) in [6.45, 7) is 5.78. The third-order valence-electron chi connectivity index (χ3n) is 4.72. The number of benzene rings is 1. The van der Waals surface area contributed by atoms with E-state index in [1.54, 1.807) is 32.0 Å². The number of pyridine rings is 1. The molecule has 2 heterocycles. The SMILES string of the molecule is CCCCOn1c(=O)c(C(=O)OCC)c(NCc2ccccc2F)c2c(C)ncnc21. The van der Waals surface area contributed by atoms with Crippen molar-refractivity contribution >= 4 is 22.7 Å². The summed E-state index contributed by atoms with van der Waals surface area (Å²) >= 11 is 0. The van der Waals surface area contributed by atoms with Crippen molar-refractivity contribution in [1.29, 1.82) is 0 Å². The number of nitrogens with zero attached hydrogens (tertiary/aromatic N) is 3. The smallest absolute Gasteiger partial charge is 0.346 e. The second kappa shape index (κ2) is 10.0. The molecule has 164 valence electrons. The highest BCUT2D eigenvalue weighted by molar-refractivity contribution is 6.04. The van der Waals surface area contributed by atoms with Gasteiger partial charge in [-0.1, -0.05) is 31.5 Å². The van der Waals surface area contributed by atoms with Crippen molar-refractivity contribution in [3.63, 3.8) is 0 Å². The molecular formula is C22H25FN4O4. The van der Waals surface area contributed by atoms with Gasteiger partial charge in [0.25, 0.3) is 0 Å². The molecule has 0 aliphatic carbocycles. The predicted molar refractivity (Wildman–Crippen MR) is 115 cm³/mol. The van der Waals surface area contributed by atoms with E-state index in [1.165, 1.54) is 12.4 Å². The van der Waals surface area contributed by atoms with Gasteiger partial charge < -0.3 is 14.9 Å². The molecule has 0 aliphatic heterocycles. The zero-order chi connectivity index (χ0) is 22.4. The summed E-state index contributed by atoms with van der Waals surface area (Å²) in [4.78, 5) is 40.1. The highest BCUT2D eigenvalue weighted by Gasteiger charge is 2.26. The molecule has 3 rings (SSSR count). The Balaban J connectivity index is 2.21. The number of carbonyl (C=O) groups is 1. The first-order valence-electron chi connectivity index (χ1n) is 10.2. The number of nitrogens with one attached hydrogen (secondary N) is 1. The first kappa shape index (κ1) is 22.2. The maximum atomic E-state index is 14.1. The van der Waals surface area contributed by atoms with E-state index in [1.807, 2.05) is 6.92 Å². The van der Waals surface area contributed by atoms with Crippen LogP contribution in [0.4, 0.5) is 10.1 Å². The van der Waals surface area contributed by atoms with E-state index >= 15 is 0 Å². The number of rotatable bonds is 9. The Morgan fingerprint density at radius 3 is 2.71 bits per heavy atom. The maximum absolute atomic E-state index is 14.1. The lowest BCUT2D eigenvalue weighted by atomic mass is 10.1. The topological polar surface area (TPSA) is 95.3 Å². The molecule has 0 bridgehead atoms. The van der Waals surface area contributed by atoms with E-state index in [2.05, 4.69) is 15.3 Å². The van der Waals surface area contributed by atoms with Crippen LogP contribution in [0.5, 0.6) is 0 Å². The van der Waals surface area contributed by atoms with Gasteiger partial charge in [0.15, 0.2) is 11.2 Å². The largest absolute Gasteiger partial charge is 0.462 e. The Morgan fingerprint density at radius 1 is 1.23 bits per heavy atom. The molecule has 0 fully saturated rings. The number of hydrogen-bond acceptors (Lipinski definition) is 7. The normalized spacial score (nSPS) is 10.8. The van der Waals surface area contributed by atoms with E-state index in [0.29, 0.717) is 16.6 Å². The molecule has 3 aromatic rings. The summed E-state index contributed by atoms with van der Waals surface area (Å²) in [5.41, 5.74) is 0.381. The number of esters is 1. The molecule has 1 N–H and O–H groups in total. The molecule has 0 radical (unpaired) electrons. The minimum absolute atomic E-state index is 0.0443. The molecule has 0 atom stereocenters. The van der Waals surface area contributed by atoms with Crippen LogP contribution in [0.2, 0.25) is 0 Å². The fourth-order valence-corrected chi connectivity index (χ4v) is 3.15. The third kappa shape index (κ3) is 4.65. The van der Waals surface area contributed by atoms with Crippen LogP contribution in [-0.4, -0.2) is 33.9 Å². The van der Waals surface area contributed by atoms with Crippen LogP contribution >= 0.6 is 0 Å². The lowest BCUT2D eigenvalue weighted by Gasteiger charge is -2.18. The first-order valence-corrected chi connectivity index (χ1v) is 10.2. The van der Waals surface area contributed by atoms with Crippen molar-refractivity contribution in [2.45, 2.75) is 40.2 Å². The summed E-state index contributed by atoms with van der Waals surface area (Å²) < 4.78 is 20.3. The van der Waals surface area contributed by atoms with Crippen molar-refractivity contribution in [3.05, 3.63) is 63.6 Å². The Hall–Kier alpha value is -3.49. The summed E-state index contributed by atoms with van der Waals surface area (Å²) in [6.07, 6.45) is 2.91. The first-order chi connectivity index (χ1) is 15.0. The third-order valence-corrected chi connectivity index (χ3v) is 4.72. The molecular weight excluding hydrogens is 403 g/mol. The number of unbranched alkanes of at least 4 members (excludes halogenated alkanes) is 1. The Labute approximate surface area is 179 Å². The molecule has 9 heteroatoms. The zero-order valence-electron chi connectivity index (χ0n) is 17.8. The number of fused-ring (bicyclic) bond motifs is 1. The van der Waals surface area contributed by atoms with Gasteiger partial charge >= 0.3 is 11.5 Å². The number of hydrogen-bond donors (Lipinski definition) is 1. The van der Waals surface area contributed by atoms with Crippen molar-refractivity contribution in [2.24, 2.45) is 0 Å². The lowest BCUT2D eigenvalue weighted by molar-refractivity contribution is 0.0515. The van der Waals surface area contributed by atoms with E-state index in [0.717, 1.165) is 17.6 Å². The van der Waals surface area contributed by atoms with E-state index in [4.69, 9.17) is 9.57 Å². The lowest BCUT2D eigenvalue weighted by Crippen LogP contribution is -2.34. The molecule has 0 aliphatic rings. The minimum atomic E-state index is -0.804. The monoisotopic (exact) mass is 428 g/mol. The van der Waals surface area contributed by atoms with Gasteiger partial charge in [0, 0.05) is 12.1 Å². The number of aryl methyl sites for hydroxylation is 1. The highest BCUT2D eigenvalue weighted by atomic mass is 19.1. The number of carbonyl (C=O) groups excluding carboxylic acids is 1. The minimum Gasteiger partial charge on any atom is -0.462 e. The number of anilines is 1. The number of halogens is 1. The van der Waals surface area contributed by atoms with Crippen LogP contribution in [0, 0.1) is 12.7 Å². The molecule has 0 spiro atoms. The van der Waals surface area contributed by atoms with Crippen molar-refractivity contribution in [2.75, 3.05) is 18.5 Å². The van der Waals surface area contributed by atoms with Crippen molar-refractivity contribution < 1.29 is 18.8 Å². The maximum Gasteiger partial charge on any atom is 0.346 e. The van der Waals surface area contributed by atoms with E-state index in [-0.39, 0.29) is 36.7 Å². The summed E-state index contributed by atoms with van der Waals surface area (Å²) in [6, 6.07) is 6.26. The zero-order valence-corrected chi connectivity index (χ0v) is 17.8. The molecule has 8 nitrogen and oxygen atoms in total. The molecule has 0 amide bonds. The fourth-order valence-electron chi connectivity index (χ4n) is 3.15. The van der Waals surface area contributed by atoms with Gasteiger partial charge in [-0.25, -0.2) is 19.2 Å². The van der Waals surface area contributed by atoms with E-state index < -0.39 is 17.3 Å². The average molecular weight is 428 g/mol. The summed E-state index contributed by atoms with van der Waals surface area (Å²) in [5.74, 6) is -1.21. The predicted octanol–water partition coefficient (Wildman–Crippen LogP) is 3.26. The standard InChI is InChI=1S/C22H25FN4O4/c1-4-6-11-31-27-20-17(14(3)25-13-26-20)19(18(21(27)28)22(29)30-5-2)24-12-15-9-7-8-10-16(15)23/h7-10,13,24H,4-6,11-12H2,1-3H3. The van der Waals surface area contributed by atoms with E-state index in [9.17, 15) is 14.0 Å². The van der Waals surface area contributed by atoms with Gasteiger partial charge in [-0.3, -0.25) is 4.79 Å². The second-order valence-electron chi connectivity index (χ2n) is 6.86. The van der Waals surface area contributed by atoms with Gasteiger partial charge in [-0.15, -0.1) is 4.73 Å². The van der Waals surface area contributed by atoms with Crippen LogP contribution in [0.1, 0.15) is 48.3 Å². The van der Waals surface area contributed by atoms with Gasteiger partial charge in [-0.05, 0) is 26.3 Å². The van der Waals surface area contributed by atoms with Gasteiger partial charge in [0.1, 0.15) is 18.8 Å². The van der Waals surface area contributed by atoms with Crippen LogP contribution in [0.3, 0.4) is 0 Å². The Morgan fingerprint density at radius 2 is 2.00 bits per heavy atom.